The molecule has 2 saturated heterocycles. The van der Waals surface area contributed by atoms with E-state index in [4.69, 9.17) is 0 Å². The minimum absolute atomic E-state index is 0.185. The number of likely N-dealkylation sites (tertiary alicyclic amines) is 2. The third-order valence-corrected chi connectivity index (χ3v) is 6.39. The second kappa shape index (κ2) is 6.87. The van der Waals surface area contributed by atoms with E-state index in [0.717, 1.165) is 24.3 Å². The Hall–Kier alpha value is -1.36. The molecule has 1 saturated carbocycles. The molecule has 1 aromatic heterocycles. The van der Waals surface area contributed by atoms with Gasteiger partial charge in [-0.2, -0.15) is 5.10 Å². The van der Waals surface area contributed by atoms with Crippen LogP contribution in [0.5, 0.6) is 0 Å². The molecule has 1 aromatic rings. The van der Waals surface area contributed by atoms with Gasteiger partial charge >= 0.3 is 0 Å². The van der Waals surface area contributed by atoms with E-state index in [2.05, 4.69) is 22.0 Å². The molecule has 0 radical (unpaired) electrons. The lowest BCUT2D eigenvalue weighted by Crippen LogP contribution is -2.63. The molecule has 3 aliphatic rings. The van der Waals surface area contributed by atoms with Gasteiger partial charge in [-0.1, -0.05) is 25.7 Å². The van der Waals surface area contributed by atoms with Crippen LogP contribution in [0.1, 0.15) is 80.3 Å². The first-order valence-electron chi connectivity index (χ1n) is 9.82. The Morgan fingerprint density at radius 2 is 1.88 bits per heavy atom. The summed E-state index contributed by atoms with van der Waals surface area (Å²) in [4.78, 5) is 17.5. The number of nitrogens with one attached hydrogen (secondary N) is 1. The van der Waals surface area contributed by atoms with Gasteiger partial charge in [0.15, 0.2) is 0 Å². The summed E-state index contributed by atoms with van der Waals surface area (Å²) < 4.78 is 0. The van der Waals surface area contributed by atoms with Crippen LogP contribution >= 0.6 is 0 Å². The van der Waals surface area contributed by atoms with Crippen LogP contribution in [0.15, 0.2) is 6.20 Å². The monoisotopic (exact) mass is 330 g/mol. The predicted octanol–water partition coefficient (Wildman–Crippen LogP) is 3.16. The van der Waals surface area contributed by atoms with Gasteiger partial charge in [0.25, 0.3) is 5.91 Å². The Balaban J connectivity index is 1.38. The summed E-state index contributed by atoms with van der Waals surface area (Å²) in [6, 6.07) is 1.24. The first-order chi connectivity index (χ1) is 11.7. The summed E-state index contributed by atoms with van der Waals surface area (Å²) in [7, 11) is 0. The number of amides is 1. The number of carbonyl (C=O) groups excluding carboxylic acids is 1. The number of aromatic amines is 1. The fraction of sp³-hybridized carbons (Fsp3) is 0.789. The Bertz CT molecular complexity index is 572. The summed E-state index contributed by atoms with van der Waals surface area (Å²) in [5, 5.41) is 7.33. The van der Waals surface area contributed by atoms with E-state index < -0.39 is 0 Å². The fourth-order valence-corrected chi connectivity index (χ4v) is 4.83. The van der Waals surface area contributed by atoms with Gasteiger partial charge in [-0.3, -0.25) is 14.8 Å². The molecule has 3 heterocycles. The molecule has 24 heavy (non-hydrogen) atoms. The van der Waals surface area contributed by atoms with Crippen molar-refractivity contribution in [2.75, 3.05) is 19.6 Å². The predicted molar refractivity (Wildman–Crippen MR) is 94.1 cm³/mol. The first kappa shape index (κ1) is 16.1. The molecule has 3 fully saturated rings. The summed E-state index contributed by atoms with van der Waals surface area (Å²) in [6.45, 7) is 5.31. The zero-order valence-corrected chi connectivity index (χ0v) is 14.8. The summed E-state index contributed by atoms with van der Waals surface area (Å²) >= 11 is 0. The van der Waals surface area contributed by atoms with Crippen molar-refractivity contribution < 1.29 is 4.79 Å². The second-order valence-corrected chi connectivity index (χ2v) is 7.98. The lowest BCUT2D eigenvalue weighted by molar-refractivity contribution is 0.00203. The minimum Gasteiger partial charge on any atom is -0.335 e. The summed E-state index contributed by atoms with van der Waals surface area (Å²) in [5.74, 6) is 0.685. The van der Waals surface area contributed by atoms with Gasteiger partial charge in [-0.25, -0.2) is 0 Å². The number of hydrogen-bond acceptors (Lipinski definition) is 3. The average molecular weight is 330 g/mol. The zero-order valence-electron chi connectivity index (χ0n) is 14.8. The fourth-order valence-electron chi connectivity index (χ4n) is 4.83. The van der Waals surface area contributed by atoms with E-state index in [-0.39, 0.29) is 5.91 Å². The molecule has 0 unspecified atom stereocenters. The molecule has 1 N–H and O–H groups in total. The summed E-state index contributed by atoms with van der Waals surface area (Å²) in [5.41, 5.74) is 1.92. The van der Waals surface area contributed by atoms with Gasteiger partial charge in [0.2, 0.25) is 0 Å². The third kappa shape index (κ3) is 2.99. The van der Waals surface area contributed by atoms with Gasteiger partial charge in [0.1, 0.15) is 0 Å². The molecule has 1 amide bonds. The maximum absolute atomic E-state index is 12.9. The van der Waals surface area contributed by atoms with Gasteiger partial charge in [-0.15, -0.1) is 0 Å². The smallest absolute Gasteiger partial charge is 0.257 e. The van der Waals surface area contributed by atoms with E-state index >= 15 is 0 Å². The van der Waals surface area contributed by atoms with Crippen molar-refractivity contribution in [3.63, 3.8) is 0 Å². The Kier molecular flexibility index (Phi) is 4.61. The standard InChI is InChI=1S/C19H30N4O/c1-14-7-5-6-10-23(14)16-12-22(13-16)19(24)17-11-20-21-18(17)15-8-3-2-4-9-15/h11,14-16H,2-10,12-13H2,1H3,(H,20,21)/t14-/m1/s1. The number of rotatable bonds is 3. The van der Waals surface area contributed by atoms with Gasteiger partial charge in [0.05, 0.1) is 17.5 Å². The van der Waals surface area contributed by atoms with Crippen molar-refractivity contribution in [2.45, 2.75) is 76.3 Å². The third-order valence-electron chi connectivity index (χ3n) is 6.39. The van der Waals surface area contributed by atoms with E-state index in [9.17, 15) is 4.79 Å². The highest BCUT2D eigenvalue weighted by atomic mass is 16.2. The number of H-pyrrole nitrogens is 1. The number of nitrogens with zero attached hydrogens (tertiary/aromatic N) is 3. The quantitative estimate of drug-likeness (QED) is 0.926. The van der Waals surface area contributed by atoms with Crippen LogP contribution in [0.2, 0.25) is 0 Å². The minimum atomic E-state index is 0.185. The SMILES string of the molecule is C[C@@H]1CCCCN1C1CN(C(=O)c2cn[nH]c2C2CCCCC2)C1. The van der Waals surface area contributed by atoms with Crippen LogP contribution in [0.4, 0.5) is 0 Å². The Morgan fingerprint density at radius 1 is 1.12 bits per heavy atom. The molecule has 4 rings (SSSR count). The normalized spacial score (nSPS) is 27.2. The van der Waals surface area contributed by atoms with Crippen molar-refractivity contribution in [3.8, 4) is 0 Å². The molecular weight excluding hydrogens is 300 g/mol. The molecule has 1 aliphatic carbocycles. The first-order valence-corrected chi connectivity index (χ1v) is 9.82. The molecule has 5 nitrogen and oxygen atoms in total. The second-order valence-electron chi connectivity index (χ2n) is 7.98. The zero-order chi connectivity index (χ0) is 16.5. The van der Waals surface area contributed by atoms with Crippen LogP contribution < -0.4 is 0 Å². The number of aromatic nitrogens is 2. The van der Waals surface area contributed by atoms with E-state index in [0.29, 0.717) is 18.0 Å². The highest BCUT2D eigenvalue weighted by Crippen LogP contribution is 2.34. The highest BCUT2D eigenvalue weighted by Gasteiger charge is 2.38. The van der Waals surface area contributed by atoms with Gasteiger partial charge in [-0.05, 0) is 39.2 Å². The molecular formula is C19H30N4O. The van der Waals surface area contributed by atoms with Crippen LogP contribution in [-0.2, 0) is 0 Å². The van der Waals surface area contributed by atoms with E-state index in [1.54, 1.807) is 6.20 Å². The van der Waals surface area contributed by atoms with E-state index in [1.165, 1.54) is 57.9 Å². The molecule has 0 bridgehead atoms. The molecule has 2 aliphatic heterocycles. The maximum atomic E-state index is 12.9. The Labute approximate surface area is 144 Å². The van der Waals surface area contributed by atoms with Crippen LogP contribution in [0.3, 0.4) is 0 Å². The molecule has 1 atom stereocenters. The largest absolute Gasteiger partial charge is 0.335 e. The molecule has 132 valence electrons. The van der Waals surface area contributed by atoms with E-state index in [1.807, 2.05) is 4.90 Å². The molecule has 0 aromatic carbocycles. The van der Waals surface area contributed by atoms with Crippen molar-refractivity contribution >= 4 is 5.91 Å². The topological polar surface area (TPSA) is 52.2 Å². The van der Waals surface area contributed by atoms with Gasteiger partial charge in [0, 0.05) is 31.1 Å². The van der Waals surface area contributed by atoms with Crippen molar-refractivity contribution in [3.05, 3.63) is 17.5 Å². The molecule has 5 heteroatoms. The van der Waals surface area contributed by atoms with Crippen LogP contribution in [0.25, 0.3) is 0 Å². The van der Waals surface area contributed by atoms with Crippen molar-refractivity contribution in [2.24, 2.45) is 0 Å². The van der Waals surface area contributed by atoms with Crippen molar-refractivity contribution in [1.82, 2.24) is 20.0 Å². The number of piperidine rings is 1. The lowest BCUT2D eigenvalue weighted by Gasteiger charge is -2.49. The average Bonchev–Trinajstić information content (AvgIpc) is 3.05. The maximum Gasteiger partial charge on any atom is 0.257 e. The number of hydrogen-bond donors (Lipinski definition) is 1. The van der Waals surface area contributed by atoms with Gasteiger partial charge < -0.3 is 4.90 Å². The van der Waals surface area contributed by atoms with Crippen molar-refractivity contribution in [1.29, 1.82) is 0 Å². The Morgan fingerprint density at radius 3 is 2.62 bits per heavy atom. The lowest BCUT2D eigenvalue weighted by atomic mass is 9.85. The summed E-state index contributed by atoms with van der Waals surface area (Å²) in [6.07, 6.45) is 12.0. The molecule has 0 spiro atoms. The highest BCUT2D eigenvalue weighted by molar-refractivity contribution is 5.95. The number of carbonyl (C=O) groups is 1. The van der Waals surface area contributed by atoms with Crippen LogP contribution in [0, 0.1) is 0 Å². The van der Waals surface area contributed by atoms with Crippen LogP contribution in [-0.4, -0.2) is 57.6 Å².